The van der Waals surface area contributed by atoms with Crippen LogP contribution in [-0.2, 0) is 28.2 Å². The number of amides is 1. The Bertz CT molecular complexity index is 646. The Morgan fingerprint density at radius 1 is 1.43 bits per heavy atom. The summed E-state index contributed by atoms with van der Waals surface area (Å²) >= 11 is 0. The van der Waals surface area contributed by atoms with Crippen molar-refractivity contribution in [1.82, 2.24) is 15.1 Å². The average molecular weight is 346 g/mol. The Hall–Kier alpha value is -1.61. The molecular formula is C14H26N4O4S. The van der Waals surface area contributed by atoms with Gasteiger partial charge in [-0.2, -0.15) is 5.10 Å². The summed E-state index contributed by atoms with van der Waals surface area (Å²) in [5.74, 6) is 0.556. The number of hydrogen-bond acceptors (Lipinski definition) is 6. The molecule has 23 heavy (non-hydrogen) atoms. The van der Waals surface area contributed by atoms with Gasteiger partial charge in [-0.3, -0.25) is 10.00 Å². The van der Waals surface area contributed by atoms with Crippen LogP contribution in [0.5, 0.6) is 0 Å². The molecular weight excluding hydrogens is 320 g/mol. The van der Waals surface area contributed by atoms with Gasteiger partial charge in [-0.05, 0) is 27.7 Å². The van der Waals surface area contributed by atoms with Crippen LogP contribution in [0.2, 0.25) is 0 Å². The third-order valence-corrected chi connectivity index (χ3v) is 3.93. The number of aromatic nitrogens is 2. The van der Waals surface area contributed by atoms with Crippen LogP contribution in [0.25, 0.3) is 0 Å². The molecule has 0 spiro atoms. The van der Waals surface area contributed by atoms with Crippen molar-refractivity contribution < 1.29 is 17.9 Å². The van der Waals surface area contributed by atoms with E-state index in [1.807, 2.05) is 0 Å². The van der Waals surface area contributed by atoms with Gasteiger partial charge in [0.1, 0.15) is 21.3 Å². The Labute approximate surface area is 137 Å². The number of aryl methyl sites for hydroxylation is 1. The van der Waals surface area contributed by atoms with Gasteiger partial charge in [-0.25, -0.2) is 13.2 Å². The summed E-state index contributed by atoms with van der Waals surface area (Å²) in [6.45, 7) is 7.52. The van der Waals surface area contributed by atoms with Crippen molar-refractivity contribution in [3.8, 4) is 0 Å². The first-order valence-electron chi connectivity index (χ1n) is 7.29. The maximum absolute atomic E-state index is 11.9. The molecule has 0 fully saturated rings. The summed E-state index contributed by atoms with van der Waals surface area (Å²) in [6, 6.07) is -0.209. The van der Waals surface area contributed by atoms with Gasteiger partial charge in [-0.1, -0.05) is 0 Å². The van der Waals surface area contributed by atoms with E-state index >= 15 is 0 Å². The highest BCUT2D eigenvalue weighted by molar-refractivity contribution is 7.90. The van der Waals surface area contributed by atoms with Crippen molar-refractivity contribution in [1.29, 1.82) is 0 Å². The Balaban J connectivity index is 2.70. The van der Waals surface area contributed by atoms with Crippen molar-refractivity contribution >= 4 is 21.7 Å². The maximum Gasteiger partial charge on any atom is 0.413 e. The molecule has 1 aromatic heterocycles. The number of nitrogens with zero attached hydrogens (tertiary/aromatic N) is 2. The van der Waals surface area contributed by atoms with Crippen LogP contribution in [0.1, 0.15) is 33.3 Å². The zero-order valence-corrected chi connectivity index (χ0v) is 15.3. The molecule has 1 aromatic rings. The van der Waals surface area contributed by atoms with E-state index < -0.39 is 21.5 Å². The highest BCUT2D eigenvalue weighted by atomic mass is 32.2. The number of rotatable bonds is 6. The molecule has 132 valence electrons. The molecule has 2 N–H and O–H groups in total. The van der Waals surface area contributed by atoms with E-state index in [0.29, 0.717) is 12.4 Å². The van der Waals surface area contributed by atoms with Gasteiger partial charge in [-0.15, -0.1) is 0 Å². The lowest BCUT2D eigenvalue weighted by molar-refractivity contribution is 0.0634. The molecule has 1 atom stereocenters. The second kappa shape index (κ2) is 7.31. The molecule has 0 aliphatic heterocycles. The van der Waals surface area contributed by atoms with Crippen LogP contribution < -0.4 is 10.6 Å². The average Bonchev–Trinajstić information content (AvgIpc) is 2.64. The van der Waals surface area contributed by atoms with Crippen molar-refractivity contribution in [3.05, 3.63) is 11.8 Å². The van der Waals surface area contributed by atoms with E-state index in [1.54, 1.807) is 40.9 Å². The van der Waals surface area contributed by atoms with Crippen LogP contribution in [0, 0.1) is 0 Å². The second-order valence-corrected chi connectivity index (χ2v) is 8.83. The topological polar surface area (TPSA) is 102 Å². The highest BCUT2D eigenvalue weighted by Gasteiger charge is 2.19. The van der Waals surface area contributed by atoms with Gasteiger partial charge in [0.25, 0.3) is 0 Å². The summed E-state index contributed by atoms with van der Waals surface area (Å²) in [6.07, 6.45) is 2.25. The van der Waals surface area contributed by atoms with Gasteiger partial charge in [0.05, 0.1) is 11.9 Å². The van der Waals surface area contributed by atoms with Crippen LogP contribution in [0.15, 0.2) is 6.20 Å². The summed E-state index contributed by atoms with van der Waals surface area (Å²) < 4.78 is 29.3. The fourth-order valence-electron chi connectivity index (χ4n) is 1.97. The maximum atomic E-state index is 11.9. The molecule has 0 aliphatic rings. The van der Waals surface area contributed by atoms with Gasteiger partial charge in [0.2, 0.25) is 0 Å². The largest absolute Gasteiger partial charge is 0.444 e. The zero-order chi connectivity index (χ0) is 17.8. The molecule has 1 heterocycles. The number of sulfone groups is 1. The number of carbonyl (C=O) groups excluding carboxylic acids is 1. The van der Waals surface area contributed by atoms with E-state index in [0.717, 1.165) is 5.56 Å². The van der Waals surface area contributed by atoms with Crippen LogP contribution in [0.4, 0.5) is 10.6 Å². The smallest absolute Gasteiger partial charge is 0.413 e. The fraction of sp³-hybridized carbons (Fsp3) is 0.714. The molecule has 0 aliphatic carbocycles. The third-order valence-electron chi connectivity index (χ3n) is 2.83. The van der Waals surface area contributed by atoms with E-state index in [9.17, 15) is 13.2 Å². The van der Waals surface area contributed by atoms with Crippen molar-refractivity contribution in [2.24, 2.45) is 7.05 Å². The third kappa shape index (κ3) is 7.47. The molecule has 1 rings (SSSR count). The minimum Gasteiger partial charge on any atom is -0.444 e. The summed E-state index contributed by atoms with van der Waals surface area (Å²) in [5, 5.41) is 9.88. The molecule has 0 radical (unpaired) electrons. The number of hydrogen-bond donors (Lipinski definition) is 2. The molecule has 1 unspecified atom stereocenters. The quantitative estimate of drug-likeness (QED) is 0.805. The van der Waals surface area contributed by atoms with Crippen molar-refractivity contribution in [2.45, 2.75) is 45.9 Å². The monoisotopic (exact) mass is 346 g/mol. The lowest BCUT2D eigenvalue weighted by atomic mass is 10.2. The normalized spacial score (nSPS) is 13.7. The standard InChI is InChI=1S/C14H26N4O4S/c1-10(9-23(6,20)21)15-7-11-8-16-18(5)12(11)17-13(19)22-14(2,3)4/h8,10,15H,7,9H2,1-6H3,(H,17,19). The molecule has 9 heteroatoms. The zero-order valence-electron chi connectivity index (χ0n) is 14.5. The minimum atomic E-state index is -3.05. The van der Waals surface area contributed by atoms with Gasteiger partial charge < -0.3 is 10.1 Å². The van der Waals surface area contributed by atoms with Gasteiger partial charge >= 0.3 is 6.09 Å². The van der Waals surface area contributed by atoms with E-state index in [-0.39, 0.29) is 11.8 Å². The number of nitrogens with one attached hydrogen (secondary N) is 2. The Morgan fingerprint density at radius 3 is 2.57 bits per heavy atom. The first-order chi connectivity index (χ1) is 10.4. The number of ether oxygens (including phenoxy) is 1. The van der Waals surface area contributed by atoms with Crippen molar-refractivity contribution in [2.75, 3.05) is 17.3 Å². The van der Waals surface area contributed by atoms with Gasteiger partial charge in [0.15, 0.2) is 0 Å². The molecule has 0 bridgehead atoms. The summed E-state index contributed by atoms with van der Waals surface area (Å²) in [7, 11) is -1.34. The Kier molecular flexibility index (Phi) is 6.18. The number of anilines is 1. The highest BCUT2D eigenvalue weighted by Crippen LogP contribution is 2.16. The van der Waals surface area contributed by atoms with E-state index in [4.69, 9.17) is 4.74 Å². The van der Waals surface area contributed by atoms with Crippen LogP contribution >= 0.6 is 0 Å². The molecule has 8 nitrogen and oxygen atoms in total. The van der Waals surface area contributed by atoms with Gasteiger partial charge in [0, 0.05) is 31.5 Å². The predicted octanol–water partition coefficient (Wildman–Crippen LogP) is 1.29. The second-order valence-electron chi connectivity index (χ2n) is 6.64. The molecule has 1 amide bonds. The predicted molar refractivity (Wildman–Crippen MR) is 89.1 cm³/mol. The van der Waals surface area contributed by atoms with Crippen LogP contribution in [-0.4, -0.2) is 47.9 Å². The molecule has 0 aromatic carbocycles. The van der Waals surface area contributed by atoms with Crippen LogP contribution in [0.3, 0.4) is 0 Å². The lowest BCUT2D eigenvalue weighted by Crippen LogP contribution is -2.32. The SMILES string of the molecule is CC(CS(C)(=O)=O)NCc1cnn(C)c1NC(=O)OC(C)(C)C. The molecule has 0 saturated heterocycles. The molecule has 0 saturated carbocycles. The van der Waals surface area contributed by atoms with E-state index in [1.165, 1.54) is 10.9 Å². The number of carbonyl (C=O) groups is 1. The first-order valence-corrected chi connectivity index (χ1v) is 9.35. The summed E-state index contributed by atoms with van der Waals surface area (Å²) in [4.78, 5) is 11.9. The van der Waals surface area contributed by atoms with Crippen molar-refractivity contribution in [3.63, 3.8) is 0 Å². The minimum absolute atomic E-state index is 0.0437. The first kappa shape index (κ1) is 19.4. The fourth-order valence-corrected chi connectivity index (χ4v) is 3.00. The Morgan fingerprint density at radius 2 is 2.04 bits per heavy atom. The lowest BCUT2D eigenvalue weighted by Gasteiger charge is -2.20. The van der Waals surface area contributed by atoms with E-state index in [2.05, 4.69) is 15.7 Å². The summed E-state index contributed by atoms with van der Waals surface area (Å²) in [5.41, 5.74) is 0.157.